The molecule has 1 fully saturated rings. The van der Waals surface area contributed by atoms with Gasteiger partial charge < -0.3 is 20.1 Å². The van der Waals surface area contributed by atoms with Crippen LogP contribution in [0.5, 0.6) is 0 Å². The molecule has 142 valence electrons. The number of likely N-dealkylation sites (N-methyl/N-ethyl adjacent to an activating group) is 1. The first-order valence-electron chi connectivity index (χ1n) is 8.67. The summed E-state index contributed by atoms with van der Waals surface area (Å²) in [6, 6.07) is 3.84. The lowest BCUT2D eigenvalue weighted by molar-refractivity contribution is 0.0996. The summed E-state index contributed by atoms with van der Waals surface area (Å²) in [5.41, 5.74) is 0.651. The van der Waals surface area contributed by atoms with Crippen LogP contribution >= 0.6 is 11.3 Å². The highest BCUT2D eigenvalue weighted by Crippen LogP contribution is 2.24. The van der Waals surface area contributed by atoms with Crippen LogP contribution in [0.4, 0.5) is 5.82 Å². The molecule has 0 spiro atoms. The van der Waals surface area contributed by atoms with Crippen LogP contribution in [0, 0.1) is 0 Å². The van der Waals surface area contributed by atoms with Gasteiger partial charge in [-0.15, -0.1) is 11.3 Å². The number of aliphatic hydroxyl groups excluding tert-OH is 1. The molecule has 8 nitrogen and oxygen atoms in total. The number of nitrogens with one attached hydrogen (secondary N) is 1. The minimum absolute atomic E-state index is 0.0745. The van der Waals surface area contributed by atoms with E-state index < -0.39 is 0 Å². The molecule has 0 radical (unpaired) electrons. The lowest BCUT2D eigenvalue weighted by atomic mass is 10.2. The number of ether oxygens (including phenoxy) is 1. The van der Waals surface area contributed by atoms with Crippen LogP contribution in [0.15, 0.2) is 34.7 Å². The molecule has 2 N–H and O–H groups in total. The van der Waals surface area contributed by atoms with Crippen molar-refractivity contribution < 1.29 is 9.84 Å². The fraction of sp³-hybridized carbons (Fsp3) is 0.389. The van der Waals surface area contributed by atoms with Crippen molar-refractivity contribution in [3.63, 3.8) is 0 Å². The SMILES string of the molecule is CN[C@@H]1CN(c2ccc3c(=O)c(CO)cn(-c4nccs4)c3n2)C[C@H]1OC. The number of fused-ring (bicyclic) bond motifs is 1. The molecule has 2 atom stereocenters. The predicted octanol–water partition coefficient (Wildman–Crippen LogP) is 0.757. The Morgan fingerprint density at radius 3 is 2.89 bits per heavy atom. The maximum Gasteiger partial charge on any atom is 0.196 e. The number of thiazole rings is 1. The minimum Gasteiger partial charge on any atom is -0.391 e. The lowest BCUT2D eigenvalue weighted by Gasteiger charge is -2.18. The molecule has 3 aromatic heterocycles. The number of rotatable bonds is 5. The van der Waals surface area contributed by atoms with Crippen LogP contribution in [0.2, 0.25) is 0 Å². The van der Waals surface area contributed by atoms with Crippen LogP contribution in [0.1, 0.15) is 5.56 Å². The van der Waals surface area contributed by atoms with Gasteiger partial charge in [0.05, 0.1) is 24.1 Å². The fourth-order valence-corrected chi connectivity index (χ4v) is 4.11. The summed E-state index contributed by atoms with van der Waals surface area (Å²) in [5.74, 6) is 0.781. The monoisotopic (exact) mass is 387 g/mol. The zero-order valence-corrected chi connectivity index (χ0v) is 15.9. The zero-order chi connectivity index (χ0) is 19.0. The standard InChI is InChI=1S/C18H21N5O3S/c1-19-13-8-22(9-14(13)26-2)15-4-3-12-16(25)11(10-24)7-23(17(12)21-15)18-20-5-6-27-18/h3-7,13-14,19,24H,8-10H2,1-2H3/t13-,14-/m1/s1. The van der Waals surface area contributed by atoms with Crippen LogP contribution in [-0.2, 0) is 11.3 Å². The van der Waals surface area contributed by atoms with Gasteiger partial charge >= 0.3 is 0 Å². The van der Waals surface area contributed by atoms with Gasteiger partial charge in [0.2, 0.25) is 0 Å². The molecule has 1 aliphatic rings. The van der Waals surface area contributed by atoms with Crippen molar-refractivity contribution in [2.45, 2.75) is 18.8 Å². The smallest absolute Gasteiger partial charge is 0.196 e. The molecule has 3 aromatic rings. The first kappa shape index (κ1) is 18.1. The molecule has 0 aliphatic carbocycles. The topological polar surface area (TPSA) is 92.5 Å². The Hall–Kier alpha value is -2.33. The molecule has 0 aromatic carbocycles. The Morgan fingerprint density at radius 1 is 1.41 bits per heavy atom. The fourth-order valence-electron chi connectivity index (χ4n) is 3.49. The Morgan fingerprint density at radius 2 is 2.26 bits per heavy atom. The van der Waals surface area contributed by atoms with E-state index in [4.69, 9.17) is 9.72 Å². The average molecular weight is 387 g/mol. The van der Waals surface area contributed by atoms with E-state index in [0.29, 0.717) is 21.7 Å². The summed E-state index contributed by atoms with van der Waals surface area (Å²) < 4.78 is 7.34. The molecule has 0 unspecified atom stereocenters. The highest BCUT2D eigenvalue weighted by atomic mass is 32.1. The number of hydrogen-bond donors (Lipinski definition) is 2. The van der Waals surface area contributed by atoms with Crippen molar-refractivity contribution in [2.75, 3.05) is 32.1 Å². The number of hydrogen-bond acceptors (Lipinski definition) is 8. The zero-order valence-electron chi connectivity index (χ0n) is 15.1. The lowest BCUT2D eigenvalue weighted by Crippen LogP contribution is -2.37. The largest absolute Gasteiger partial charge is 0.391 e. The third-order valence-corrected chi connectivity index (χ3v) is 5.74. The van der Waals surface area contributed by atoms with Crippen molar-refractivity contribution in [3.8, 4) is 5.13 Å². The van der Waals surface area contributed by atoms with Gasteiger partial charge in [-0.3, -0.25) is 9.36 Å². The van der Waals surface area contributed by atoms with Gasteiger partial charge in [0, 0.05) is 43.5 Å². The first-order chi connectivity index (χ1) is 13.2. The van der Waals surface area contributed by atoms with Gasteiger partial charge in [0.15, 0.2) is 16.2 Å². The Balaban J connectivity index is 1.84. The maximum atomic E-state index is 12.6. The van der Waals surface area contributed by atoms with Crippen LogP contribution in [-0.4, -0.2) is 59.0 Å². The van der Waals surface area contributed by atoms with Crippen LogP contribution < -0.4 is 15.6 Å². The minimum atomic E-state index is -0.326. The van der Waals surface area contributed by atoms with E-state index in [1.807, 2.05) is 18.5 Å². The molecule has 0 bridgehead atoms. The van der Waals surface area contributed by atoms with Gasteiger partial charge in [-0.1, -0.05) is 0 Å². The second-order valence-corrected chi connectivity index (χ2v) is 7.31. The maximum absolute atomic E-state index is 12.6. The molecule has 4 heterocycles. The van der Waals surface area contributed by atoms with E-state index in [0.717, 1.165) is 18.9 Å². The molecule has 0 saturated carbocycles. The number of anilines is 1. The number of nitrogens with zero attached hydrogens (tertiary/aromatic N) is 4. The Bertz CT molecular complexity index is 992. The number of aromatic nitrogens is 3. The van der Waals surface area contributed by atoms with Gasteiger partial charge in [-0.05, 0) is 19.2 Å². The molecule has 27 heavy (non-hydrogen) atoms. The molecule has 1 saturated heterocycles. The van der Waals surface area contributed by atoms with Crippen molar-refractivity contribution in [3.05, 3.63) is 45.7 Å². The molecule has 9 heteroatoms. The van der Waals surface area contributed by atoms with E-state index >= 15 is 0 Å². The summed E-state index contributed by atoms with van der Waals surface area (Å²) in [4.78, 5) is 23.9. The Labute approximate surface area is 160 Å². The number of methoxy groups -OCH3 is 1. The first-order valence-corrected chi connectivity index (χ1v) is 9.55. The summed E-state index contributed by atoms with van der Waals surface area (Å²) >= 11 is 1.45. The number of pyridine rings is 2. The molecular formula is C18H21N5O3S. The summed E-state index contributed by atoms with van der Waals surface area (Å²) in [6.45, 7) is 1.16. The summed E-state index contributed by atoms with van der Waals surface area (Å²) in [7, 11) is 3.63. The molecular weight excluding hydrogens is 366 g/mol. The van der Waals surface area contributed by atoms with Crippen molar-refractivity contribution in [1.29, 1.82) is 0 Å². The predicted molar refractivity (Wildman–Crippen MR) is 105 cm³/mol. The van der Waals surface area contributed by atoms with Crippen LogP contribution in [0.3, 0.4) is 0 Å². The van der Waals surface area contributed by atoms with Crippen molar-refractivity contribution in [2.24, 2.45) is 0 Å². The normalized spacial score (nSPS) is 19.9. The van der Waals surface area contributed by atoms with Crippen molar-refractivity contribution in [1.82, 2.24) is 19.9 Å². The summed E-state index contributed by atoms with van der Waals surface area (Å²) in [6.07, 6.45) is 3.40. The third-order valence-electron chi connectivity index (χ3n) is 4.97. The average Bonchev–Trinajstić information content (AvgIpc) is 3.37. The second-order valence-electron chi connectivity index (χ2n) is 6.44. The van der Waals surface area contributed by atoms with E-state index in [1.54, 1.807) is 30.1 Å². The Kier molecular flexibility index (Phi) is 4.92. The third kappa shape index (κ3) is 3.12. The highest BCUT2D eigenvalue weighted by molar-refractivity contribution is 7.12. The van der Waals surface area contributed by atoms with Crippen molar-refractivity contribution >= 4 is 28.2 Å². The van der Waals surface area contributed by atoms with Gasteiger partial charge in [-0.25, -0.2) is 9.97 Å². The van der Waals surface area contributed by atoms with E-state index in [9.17, 15) is 9.90 Å². The molecule has 4 rings (SSSR count). The van der Waals surface area contributed by atoms with Gasteiger partial charge in [-0.2, -0.15) is 0 Å². The van der Waals surface area contributed by atoms with E-state index in [1.165, 1.54) is 11.3 Å². The quantitative estimate of drug-likeness (QED) is 0.668. The highest BCUT2D eigenvalue weighted by Gasteiger charge is 2.32. The van der Waals surface area contributed by atoms with Crippen LogP contribution in [0.25, 0.3) is 16.2 Å². The van der Waals surface area contributed by atoms with E-state index in [-0.39, 0.29) is 24.2 Å². The molecule has 0 amide bonds. The second kappa shape index (κ2) is 7.35. The van der Waals surface area contributed by atoms with E-state index in [2.05, 4.69) is 15.2 Å². The summed E-state index contributed by atoms with van der Waals surface area (Å²) in [5, 5.41) is 15.9. The van der Waals surface area contributed by atoms with Gasteiger partial charge in [0.1, 0.15) is 5.82 Å². The van der Waals surface area contributed by atoms with Gasteiger partial charge in [0.25, 0.3) is 0 Å². The number of aliphatic hydroxyl groups is 1. The molecule has 1 aliphatic heterocycles.